The van der Waals surface area contributed by atoms with Crippen molar-refractivity contribution in [2.24, 2.45) is 0 Å². The monoisotopic (exact) mass is 335 g/mol. The van der Waals surface area contributed by atoms with Crippen LogP contribution in [0.2, 0.25) is 0 Å². The highest BCUT2D eigenvalue weighted by molar-refractivity contribution is 6.11. The van der Waals surface area contributed by atoms with Gasteiger partial charge in [0, 0.05) is 28.8 Å². The Morgan fingerprint density at radius 2 is 1.40 bits per heavy atom. The molecule has 0 aliphatic carbocycles. The van der Waals surface area contributed by atoms with Crippen LogP contribution in [0.3, 0.4) is 0 Å². The van der Waals surface area contributed by atoms with Gasteiger partial charge >= 0.3 is 0 Å². The fourth-order valence-corrected chi connectivity index (χ4v) is 2.43. The van der Waals surface area contributed by atoms with Gasteiger partial charge in [0.2, 0.25) is 0 Å². The van der Waals surface area contributed by atoms with E-state index in [4.69, 9.17) is 0 Å². The standard InChI is InChI=1S/C21H21NO3/c1-4-14-22(20(24)15(2)3)21(25)18-12-10-17(11-13-18)19(23)16-8-6-5-7-9-16/h5-13H,2,4,14H2,1,3H3. The summed E-state index contributed by atoms with van der Waals surface area (Å²) in [6, 6.07) is 15.3. The normalized spacial score (nSPS) is 10.2. The fourth-order valence-electron chi connectivity index (χ4n) is 2.43. The first-order chi connectivity index (χ1) is 12.0. The van der Waals surface area contributed by atoms with Crippen LogP contribution in [0.15, 0.2) is 66.7 Å². The summed E-state index contributed by atoms with van der Waals surface area (Å²) >= 11 is 0. The molecule has 0 radical (unpaired) electrons. The summed E-state index contributed by atoms with van der Waals surface area (Å²) in [5.41, 5.74) is 1.77. The molecular weight excluding hydrogens is 314 g/mol. The van der Waals surface area contributed by atoms with E-state index >= 15 is 0 Å². The van der Waals surface area contributed by atoms with E-state index in [1.165, 1.54) is 4.90 Å². The molecule has 2 rings (SSSR count). The molecule has 0 aliphatic rings. The van der Waals surface area contributed by atoms with Crippen LogP contribution in [-0.2, 0) is 4.79 Å². The first-order valence-corrected chi connectivity index (χ1v) is 8.17. The molecule has 0 bridgehead atoms. The smallest absolute Gasteiger partial charge is 0.260 e. The molecule has 0 unspecified atom stereocenters. The lowest BCUT2D eigenvalue weighted by molar-refractivity contribution is -0.124. The maximum Gasteiger partial charge on any atom is 0.260 e. The Bertz CT molecular complexity index is 792. The van der Waals surface area contributed by atoms with E-state index in [-0.39, 0.29) is 17.6 Å². The number of ketones is 1. The predicted octanol–water partition coefficient (Wildman–Crippen LogP) is 3.87. The van der Waals surface area contributed by atoms with E-state index in [1.807, 2.05) is 13.0 Å². The maximum atomic E-state index is 12.6. The fraction of sp³-hybridized carbons (Fsp3) is 0.190. The van der Waals surface area contributed by atoms with Crippen LogP contribution in [-0.4, -0.2) is 29.0 Å². The summed E-state index contributed by atoms with van der Waals surface area (Å²) in [4.78, 5) is 38.4. The maximum absolute atomic E-state index is 12.6. The molecule has 2 aromatic rings. The molecule has 2 amide bonds. The van der Waals surface area contributed by atoms with E-state index in [9.17, 15) is 14.4 Å². The molecule has 0 heterocycles. The number of amides is 2. The molecule has 128 valence electrons. The van der Waals surface area contributed by atoms with Crippen LogP contribution in [0.1, 0.15) is 46.5 Å². The Morgan fingerprint density at radius 3 is 1.92 bits per heavy atom. The molecule has 0 N–H and O–H groups in total. The van der Waals surface area contributed by atoms with Crippen molar-refractivity contribution in [3.63, 3.8) is 0 Å². The Hall–Kier alpha value is -3.01. The molecule has 25 heavy (non-hydrogen) atoms. The molecule has 0 saturated carbocycles. The minimum atomic E-state index is -0.381. The third kappa shape index (κ3) is 4.29. The molecule has 4 nitrogen and oxygen atoms in total. The topological polar surface area (TPSA) is 54.5 Å². The molecule has 4 heteroatoms. The second kappa shape index (κ2) is 8.20. The van der Waals surface area contributed by atoms with Crippen molar-refractivity contribution in [3.8, 4) is 0 Å². The Balaban J connectivity index is 2.23. The van der Waals surface area contributed by atoms with Crippen LogP contribution < -0.4 is 0 Å². The zero-order valence-electron chi connectivity index (χ0n) is 14.5. The van der Waals surface area contributed by atoms with Crippen molar-refractivity contribution in [3.05, 3.63) is 83.4 Å². The first-order valence-electron chi connectivity index (χ1n) is 8.17. The second-order valence-electron chi connectivity index (χ2n) is 5.81. The first kappa shape index (κ1) is 18.3. The van der Waals surface area contributed by atoms with Gasteiger partial charge < -0.3 is 0 Å². The molecule has 0 fully saturated rings. The molecule has 0 saturated heterocycles. The number of imide groups is 1. The van der Waals surface area contributed by atoms with Crippen LogP contribution in [0.4, 0.5) is 0 Å². The van der Waals surface area contributed by atoms with Crippen molar-refractivity contribution in [2.45, 2.75) is 20.3 Å². The molecule has 0 atom stereocenters. The highest BCUT2D eigenvalue weighted by atomic mass is 16.2. The van der Waals surface area contributed by atoms with Gasteiger partial charge in [-0.1, -0.05) is 56.0 Å². The molecular formula is C21H21NO3. The van der Waals surface area contributed by atoms with Crippen molar-refractivity contribution in [1.82, 2.24) is 4.90 Å². The van der Waals surface area contributed by atoms with Crippen molar-refractivity contribution < 1.29 is 14.4 Å². The largest absolute Gasteiger partial charge is 0.289 e. The van der Waals surface area contributed by atoms with Gasteiger partial charge in [-0.05, 0) is 25.5 Å². The predicted molar refractivity (Wildman–Crippen MR) is 97.5 cm³/mol. The summed E-state index contributed by atoms with van der Waals surface area (Å²) in [5, 5.41) is 0. The highest BCUT2D eigenvalue weighted by Gasteiger charge is 2.22. The Labute approximate surface area is 147 Å². The second-order valence-corrected chi connectivity index (χ2v) is 5.81. The molecule has 2 aromatic carbocycles. The quantitative estimate of drug-likeness (QED) is 0.595. The number of nitrogens with zero attached hydrogens (tertiary/aromatic N) is 1. The number of hydrogen-bond acceptors (Lipinski definition) is 3. The van der Waals surface area contributed by atoms with Gasteiger partial charge in [0.05, 0.1) is 0 Å². The van der Waals surface area contributed by atoms with Crippen molar-refractivity contribution in [1.29, 1.82) is 0 Å². The van der Waals surface area contributed by atoms with Gasteiger partial charge in [0.25, 0.3) is 11.8 Å². The summed E-state index contributed by atoms with van der Waals surface area (Å²) < 4.78 is 0. The lowest BCUT2D eigenvalue weighted by Crippen LogP contribution is -2.37. The Kier molecular flexibility index (Phi) is 6.01. The summed E-state index contributed by atoms with van der Waals surface area (Å²) in [5.74, 6) is -0.868. The third-order valence-corrected chi connectivity index (χ3v) is 3.73. The minimum Gasteiger partial charge on any atom is -0.289 e. The minimum absolute atomic E-state index is 0.108. The van der Waals surface area contributed by atoms with Gasteiger partial charge in [-0.2, -0.15) is 0 Å². The van der Waals surface area contributed by atoms with Crippen molar-refractivity contribution >= 4 is 17.6 Å². The van der Waals surface area contributed by atoms with Crippen LogP contribution in [0.5, 0.6) is 0 Å². The number of hydrogen-bond donors (Lipinski definition) is 0. The van der Waals surface area contributed by atoms with Gasteiger partial charge in [0.1, 0.15) is 0 Å². The van der Waals surface area contributed by atoms with E-state index in [1.54, 1.807) is 55.5 Å². The van der Waals surface area contributed by atoms with Gasteiger partial charge in [-0.25, -0.2) is 0 Å². The van der Waals surface area contributed by atoms with Gasteiger partial charge in [-0.15, -0.1) is 0 Å². The average Bonchev–Trinajstić information content (AvgIpc) is 2.65. The molecule has 0 aromatic heterocycles. The highest BCUT2D eigenvalue weighted by Crippen LogP contribution is 2.14. The lowest BCUT2D eigenvalue weighted by atomic mass is 10.0. The van der Waals surface area contributed by atoms with Crippen LogP contribution >= 0.6 is 0 Å². The lowest BCUT2D eigenvalue weighted by Gasteiger charge is -2.20. The summed E-state index contributed by atoms with van der Waals surface area (Å²) in [7, 11) is 0. The number of carbonyl (C=O) groups is 3. The van der Waals surface area contributed by atoms with Crippen LogP contribution in [0, 0.1) is 0 Å². The van der Waals surface area contributed by atoms with Gasteiger partial charge in [-0.3, -0.25) is 19.3 Å². The van der Waals surface area contributed by atoms with Crippen LogP contribution in [0.25, 0.3) is 0 Å². The number of benzene rings is 2. The Morgan fingerprint density at radius 1 is 0.880 bits per heavy atom. The number of rotatable bonds is 6. The van der Waals surface area contributed by atoms with E-state index in [2.05, 4.69) is 6.58 Å². The molecule has 0 aliphatic heterocycles. The molecule has 0 spiro atoms. The SMILES string of the molecule is C=C(C)C(=O)N(CCC)C(=O)c1ccc(C(=O)c2ccccc2)cc1. The average molecular weight is 335 g/mol. The summed E-state index contributed by atoms with van der Waals surface area (Å²) in [6.45, 7) is 7.43. The van der Waals surface area contributed by atoms with E-state index < -0.39 is 0 Å². The van der Waals surface area contributed by atoms with Crippen molar-refractivity contribution in [2.75, 3.05) is 6.54 Å². The van der Waals surface area contributed by atoms with E-state index in [0.717, 1.165) is 0 Å². The summed E-state index contributed by atoms with van der Waals surface area (Å²) in [6.07, 6.45) is 0.662. The third-order valence-electron chi connectivity index (χ3n) is 3.73. The zero-order valence-corrected chi connectivity index (χ0v) is 14.5. The zero-order chi connectivity index (χ0) is 18.4. The number of carbonyl (C=O) groups excluding carboxylic acids is 3. The van der Waals surface area contributed by atoms with E-state index in [0.29, 0.717) is 35.2 Å². The van der Waals surface area contributed by atoms with Gasteiger partial charge in [0.15, 0.2) is 5.78 Å².